The van der Waals surface area contributed by atoms with Crippen LogP contribution in [-0.4, -0.2) is 56.3 Å². The maximum absolute atomic E-state index is 11.6. The number of carbonyl (C=O) groups is 1. The molecular formula is C15H32N2O4S. The third kappa shape index (κ3) is 11.9. The van der Waals surface area contributed by atoms with Crippen molar-refractivity contribution in [3.05, 3.63) is 0 Å². The van der Waals surface area contributed by atoms with Crippen molar-refractivity contribution in [3.63, 3.8) is 0 Å². The number of aliphatic carboxylic acids is 1. The molecule has 0 aromatic heterocycles. The van der Waals surface area contributed by atoms with Gasteiger partial charge in [-0.15, -0.1) is 0 Å². The van der Waals surface area contributed by atoms with E-state index in [-0.39, 0.29) is 12.2 Å². The van der Waals surface area contributed by atoms with Gasteiger partial charge >= 0.3 is 5.97 Å². The number of carboxylic acids is 1. The second kappa shape index (κ2) is 11.8. The number of hydrogen-bond acceptors (Lipinski definition) is 4. The van der Waals surface area contributed by atoms with Gasteiger partial charge < -0.3 is 10.0 Å². The van der Waals surface area contributed by atoms with Gasteiger partial charge in [-0.05, 0) is 20.4 Å². The van der Waals surface area contributed by atoms with Crippen LogP contribution in [0.5, 0.6) is 0 Å². The molecule has 0 bridgehead atoms. The van der Waals surface area contributed by atoms with Crippen molar-refractivity contribution in [3.8, 4) is 0 Å². The van der Waals surface area contributed by atoms with Crippen LogP contribution in [0.2, 0.25) is 0 Å². The van der Waals surface area contributed by atoms with Gasteiger partial charge in [-0.1, -0.05) is 39.0 Å². The van der Waals surface area contributed by atoms with Crippen molar-refractivity contribution in [2.45, 2.75) is 64.8 Å². The van der Waals surface area contributed by atoms with Crippen LogP contribution in [0.1, 0.15) is 58.8 Å². The van der Waals surface area contributed by atoms with E-state index in [9.17, 15) is 13.2 Å². The number of nitrogens with zero attached hydrogens (tertiary/aromatic N) is 1. The molecule has 0 spiro atoms. The molecule has 1 atom stereocenters. The summed E-state index contributed by atoms with van der Waals surface area (Å²) < 4.78 is 25.6. The number of sulfonamides is 1. The molecule has 0 heterocycles. The van der Waals surface area contributed by atoms with E-state index in [0.29, 0.717) is 19.1 Å². The lowest BCUT2D eigenvalue weighted by atomic mass is 10.1. The second-order valence-electron chi connectivity index (χ2n) is 5.89. The zero-order valence-electron chi connectivity index (χ0n) is 14.2. The lowest BCUT2D eigenvalue weighted by Gasteiger charge is -2.24. The molecule has 1 unspecified atom stereocenters. The average molecular weight is 336 g/mol. The highest BCUT2D eigenvalue weighted by Gasteiger charge is 2.14. The Morgan fingerprint density at radius 1 is 1.23 bits per heavy atom. The molecule has 0 rings (SSSR count). The fourth-order valence-corrected chi connectivity index (χ4v) is 3.15. The van der Waals surface area contributed by atoms with Crippen molar-refractivity contribution >= 4 is 16.0 Å². The highest BCUT2D eigenvalue weighted by Crippen LogP contribution is 2.10. The van der Waals surface area contributed by atoms with E-state index in [4.69, 9.17) is 5.11 Å². The number of carboxylic acid groups (broad SMARTS) is 1. The molecule has 0 saturated carbocycles. The van der Waals surface area contributed by atoms with Gasteiger partial charge in [0.1, 0.15) is 0 Å². The summed E-state index contributed by atoms with van der Waals surface area (Å²) in [5.74, 6) is -1.46. The Morgan fingerprint density at radius 2 is 1.86 bits per heavy atom. The maximum atomic E-state index is 11.6. The normalized spacial score (nSPS) is 13.5. The first-order chi connectivity index (χ1) is 10.3. The fraction of sp³-hybridized carbons (Fsp3) is 0.933. The monoisotopic (exact) mass is 336 g/mol. The molecule has 2 N–H and O–H groups in total. The van der Waals surface area contributed by atoms with Crippen LogP contribution in [0.4, 0.5) is 0 Å². The molecule has 0 aromatic rings. The van der Waals surface area contributed by atoms with Crippen LogP contribution in [0.25, 0.3) is 0 Å². The van der Waals surface area contributed by atoms with Gasteiger partial charge in [0.2, 0.25) is 10.0 Å². The number of nitrogens with one attached hydrogen (secondary N) is 1. The summed E-state index contributed by atoms with van der Waals surface area (Å²) in [5.41, 5.74) is 0. The van der Waals surface area contributed by atoms with Crippen LogP contribution in [0.3, 0.4) is 0 Å². The van der Waals surface area contributed by atoms with Crippen molar-refractivity contribution in [2.75, 3.05) is 25.9 Å². The Bertz CT molecular complexity index is 398. The second-order valence-corrected chi connectivity index (χ2v) is 7.82. The van der Waals surface area contributed by atoms with E-state index in [1.54, 1.807) is 0 Å². The van der Waals surface area contributed by atoms with Crippen LogP contribution in [-0.2, 0) is 14.8 Å². The Labute approximate surface area is 135 Å². The summed E-state index contributed by atoms with van der Waals surface area (Å²) in [6.07, 6.45) is 7.05. The minimum atomic E-state index is -3.48. The van der Waals surface area contributed by atoms with Crippen LogP contribution < -0.4 is 4.72 Å². The Hall–Kier alpha value is -0.660. The molecule has 0 aliphatic heterocycles. The van der Waals surface area contributed by atoms with Crippen LogP contribution in [0.15, 0.2) is 0 Å². The van der Waals surface area contributed by atoms with Crippen molar-refractivity contribution in [1.82, 2.24) is 9.62 Å². The summed E-state index contributed by atoms with van der Waals surface area (Å²) in [6.45, 7) is 5.30. The maximum Gasteiger partial charge on any atom is 0.304 e. The van der Waals surface area contributed by atoms with Crippen molar-refractivity contribution in [1.29, 1.82) is 0 Å². The summed E-state index contributed by atoms with van der Waals surface area (Å²) >= 11 is 0. The molecular weight excluding hydrogens is 304 g/mol. The summed E-state index contributed by atoms with van der Waals surface area (Å²) in [6, 6.07) is 0.421. The lowest BCUT2D eigenvalue weighted by molar-refractivity contribution is -0.136. The third-order valence-electron chi connectivity index (χ3n) is 3.85. The highest BCUT2D eigenvalue weighted by molar-refractivity contribution is 7.89. The van der Waals surface area contributed by atoms with E-state index in [1.165, 1.54) is 32.1 Å². The van der Waals surface area contributed by atoms with E-state index >= 15 is 0 Å². The molecule has 132 valence electrons. The third-order valence-corrected chi connectivity index (χ3v) is 5.23. The topological polar surface area (TPSA) is 86.7 Å². The zero-order valence-corrected chi connectivity index (χ0v) is 15.0. The van der Waals surface area contributed by atoms with Gasteiger partial charge in [0.25, 0.3) is 0 Å². The molecule has 0 saturated heterocycles. The lowest BCUT2D eigenvalue weighted by Crippen LogP contribution is -2.38. The molecule has 0 aliphatic rings. The zero-order chi connectivity index (χ0) is 17.0. The van der Waals surface area contributed by atoms with Gasteiger partial charge in [-0.25, -0.2) is 13.1 Å². The fourth-order valence-electron chi connectivity index (χ4n) is 2.16. The average Bonchev–Trinajstić information content (AvgIpc) is 2.44. The summed E-state index contributed by atoms with van der Waals surface area (Å²) in [7, 11) is -1.49. The van der Waals surface area contributed by atoms with Crippen molar-refractivity contribution < 1.29 is 18.3 Å². The number of hydrogen-bond donors (Lipinski definition) is 2. The number of likely N-dealkylation sites (N-methyl/N-ethyl adjacent to an activating group) is 1. The minimum absolute atomic E-state index is 0.318. The van der Waals surface area contributed by atoms with Crippen molar-refractivity contribution in [2.24, 2.45) is 0 Å². The Morgan fingerprint density at radius 3 is 2.45 bits per heavy atom. The number of rotatable bonds is 14. The first kappa shape index (κ1) is 21.3. The molecule has 6 nitrogen and oxygen atoms in total. The van der Waals surface area contributed by atoms with Gasteiger partial charge in [0.05, 0.1) is 12.2 Å². The van der Waals surface area contributed by atoms with Gasteiger partial charge in [0, 0.05) is 19.1 Å². The van der Waals surface area contributed by atoms with Crippen LogP contribution >= 0.6 is 0 Å². The minimum Gasteiger partial charge on any atom is -0.481 e. The molecule has 22 heavy (non-hydrogen) atoms. The van der Waals surface area contributed by atoms with Gasteiger partial charge in [-0.2, -0.15) is 0 Å². The Kier molecular flexibility index (Phi) is 11.5. The predicted octanol–water partition coefficient (Wildman–Crippen LogP) is 2.06. The quantitative estimate of drug-likeness (QED) is 0.474. The molecule has 0 aliphatic carbocycles. The Balaban J connectivity index is 3.82. The predicted molar refractivity (Wildman–Crippen MR) is 89.5 cm³/mol. The first-order valence-electron chi connectivity index (χ1n) is 8.18. The molecule has 0 aromatic carbocycles. The standard InChI is InChI=1S/C15H32N2O4S/c1-4-5-6-7-8-9-14(2)17(3)12-11-16-22(20,21)13-10-15(18)19/h14,16H,4-13H2,1-3H3,(H,18,19). The van der Waals surface area contributed by atoms with Gasteiger partial charge in [0.15, 0.2) is 0 Å². The SMILES string of the molecule is CCCCCCCC(C)N(C)CCNS(=O)(=O)CCC(=O)O. The van der Waals surface area contributed by atoms with Crippen LogP contribution in [0, 0.1) is 0 Å². The number of unbranched alkanes of at least 4 members (excludes halogenated alkanes) is 4. The van der Waals surface area contributed by atoms with E-state index in [1.807, 2.05) is 7.05 Å². The molecule has 7 heteroatoms. The first-order valence-corrected chi connectivity index (χ1v) is 9.83. The highest BCUT2D eigenvalue weighted by atomic mass is 32.2. The molecule has 0 radical (unpaired) electrons. The van der Waals surface area contributed by atoms with E-state index < -0.39 is 16.0 Å². The summed E-state index contributed by atoms with van der Waals surface area (Å²) in [4.78, 5) is 12.5. The molecule has 0 amide bonds. The summed E-state index contributed by atoms with van der Waals surface area (Å²) in [5, 5.41) is 8.50. The van der Waals surface area contributed by atoms with E-state index in [0.717, 1.165) is 6.42 Å². The smallest absolute Gasteiger partial charge is 0.304 e. The van der Waals surface area contributed by atoms with Gasteiger partial charge in [-0.3, -0.25) is 4.79 Å². The largest absolute Gasteiger partial charge is 0.481 e. The molecule has 0 fully saturated rings. The van der Waals surface area contributed by atoms with E-state index in [2.05, 4.69) is 23.5 Å².